The number of phenolic OH excluding ortho intramolecular Hbond substituents is 1. The van der Waals surface area contributed by atoms with E-state index < -0.39 is 0 Å². The fraction of sp³-hybridized carbons (Fsp3) is 0.0714. The fourth-order valence-electron chi connectivity index (χ4n) is 1.65. The van der Waals surface area contributed by atoms with Gasteiger partial charge in [0.2, 0.25) is 0 Å². The summed E-state index contributed by atoms with van der Waals surface area (Å²) in [7, 11) is 0. The summed E-state index contributed by atoms with van der Waals surface area (Å²) in [5.41, 5.74) is 1.93. The molecule has 0 aliphatic carbocycles. The Morgan fingerprint density at radius 2 is 2.05 bits per heavy atom. The largest absolute Gasteiger partial charge is 0.508 e. The zero-order chi connectivity index (χ0) is 13.8. The molecule has 0 bridgehead atoms. The van der Waals surface area contributed by atoms with E-state index in [2.05, 4.69) is 27.3 Å². The van der Waals surface area contributed by atoms with E-state index >= 15 is 0 Å². The molecular weight excluding hydrogens is 328 g/mol. The molecule has 0 aliphatic heterocycles. The Labute approximate surface area is 124 Å². The van der Waals surface area contributed by atoms with Crippen molar-refractivity contribution >= 4 is 33.2 Å². The summed E-state index contributed by atoms with van der Waals surface area (Å²) < 4.78 is 0.847. The maximum absolute atomic E-state index is 9.71. The van der Waals surface area contributed by atoms with E-state index in [4.69, 9.17) is 16.9 Å². The van der Waals surface area contributed by atoms with Crippen LogP contribution in [0.4, 0.5) is 5.69 Å². The number of rotatable bonds is 3. The van der Waals surface area contributed by atoms with Gasteiger partial charge in [0, 0.05) is 21.6 Å². The Bertz CT molecular complexity index is 652. The van der Waals surface area contributed by atoms with E-state index in [0.717, 1.165) is 4.47 Å². The molecule has 0 radical (unpaired) electrons. The lowest BCUT2D eigenvalue weighted by Gasteiger charge is -2.10. The molecule has 3 nitrogen and oxygen atoms in total. The Morgan fingerprint density at radius 3 is 2.79 bits per heavy atom. The van der Waals surface area contributed by atoms with E-state index in [1.807, 2.05) is 12.1 Å². The first kappa shape index (κ1) is 13.7. The molecule has 0 spiro atoms. The van der Waals surface area contributed by atoms with E-state index in [1.165, 1.54) is 0 Å². The lowest BCUT2D eigenvalue weighted by atomic mass is 10.1. The van der Waals surface area contributed by atoms with Crippen LogP contribution in [0.1, 0.15) is 11.1 Å². The molecule has 0 atom stereocenters. The molecule has 0 aromatic heterocycles. The van der Waals surface area contributed by atoms with E-state index in [-0.39, 0.29) is 5.75 Å². The number of halogens is 2. The smallest absolute Gasteiger partial charge is 0.120 e. The van der Waals surface area contributed by atoms with Crippen LogP contribution < -0.4 is 5.32 Å². The lowest BCUT2D eigenvalue weighted by Crippen LogP contribution is -2.01. The number of hydrogen-bond donors (Lipinski definition) is 2. The molecule has 0 unspecified atom stereocenters. The molecule has 19 heavy (non-hydrogen) atoms. The minimum Gasteiger partial charge on any atom is -0.508 e. The van der Waals surface area contributed by atoms with Crippen LogP contribution in [0, 0.1) is 11.3 Å². The zero-order valence-corrected chi connectivity index (χ0v) is 12.2. The first-order valence-electron chi connectivity index (χ1n) is 5.51. The quantitative estimate of drug-likeness (QED) is 0.878. The van der Waals surface area contributed by atoms with Crippen LogP contribution >= 0.6 is 27.5 Å². The molecule has 0 aliphatic rings. The molecule has 96 valence electrons. The van der Waals surface area contributed by atoms with Gasteiger partial charge in [-0.2, -0.15) is 5.26 Å². The molecule has 2 rings (SSSR count). The molecule has 2 aromatic rings. The fourth-order valence-corrected chi connectivity index (χ4v) is 2.21. The van der Waals surface area contributed by atoms with Crippen molar-refractivity contribution in [3.05, 3.63) is 57.0 Å². The number of phenols is 1. The first-order chi connectivity index (χ1) is 9.10. The van der Waals surface area contributed by atoms with Gasteiger partial charge in [-0.1, -0.05) is 27.5 Å². The minimum atomic E-state index is 0.174. The van der Waals surface area contributed by atoms with Gasteiger partial charge in [-0.15, -0.1) is 0 Å². The van der Waals surface area contributed by atoms with Crippen molar-refractivity contribution in [3.8, 4) is 11.8 Å². The number of nitrogens with zero attached hydrogens (tertiary/aromatic N) is 1. The highest BCUT2D eigenvalue weighted by Crippen LogP contribution is 2.24. The van der Waals surface area contributed by atoms with E-state index in [9.17, 15) is 5.11 Å². The number of benzene rings is 2. The van der Waals surface area contributed by atoms with Gasteiger partial charge >= 0.3 is 0 Å². The molecule has 0 fully saturated rings. The Morgan fingerprint density at radius 1 is 1.26 bits per heavy atom. The monoisotopic (exact) mass is 336 g/mol. The van der Waals surface area contributed by atoms with Gasteiger partial charge in [0.05, 0.1) is 11.3 Å². The average molecular weight is 338 g/mol. The molecule has 2 aromatic carbocycles. The normalized spacial score (nSPS) is 9.95. The zero-order valence-electron chi connectivity index (χ0n) is 9.82. The van der Waals surface area contributed by atoms with E-state index in [0.29, 0.717) is 28.4 Å². The molecule has 0 saturated heterocycles. The summed E-state index contributed by atoms with van der Waals surface area (Å²) in [6, 6.07) is 12.4. The third kappa shape index (κ3) is 3.40. The van der Waals surface area contributed by atoms with Crippen molar-refractivity contribution in [1.82, 2.24) is 0 Å². The van der Waals surface area contributed by atoms with Crippen LogP contribution in [0.25, 0.3) is 0 Å². The van der Waals surface area contributed by atoms with Crippen LogP contribution in [-0.2, 0) is 6.54 Å². The third-order valence-corrected chi connectivity index (χ3v) is 3.34. The van der Waals surface area contributed by atoms with Crippen LogP contribution in [0.5, 0.6) is 5.75 Å². The van der Waals surface area contributed by atoms with Crippen molar-refractivity contribution in [2.24, 2.45) is 0 Å². The van der Waals surface area contributed by atoms with Crippen LogP contribution in [0.15, 0.2) is 40.9 Å². The van der Waals surface area contributed by atoms with Crippen LogP contribution in [0.2, 0.25) is 5.02 Å². The van der Waals surface area contributed by atoms with Crippen molar-refractivity contribution < 1.29 is 5.11 Å². The highest BCUT2D eigenvalue weighted by molar-refractivity contribution is 9.10. The number of nitriles is 1. The van der Waals surface area contributed by atoms with Crippen molar-refractivity contribution in [3.63, 3.8) is 0 Å². The van der Waals surface area contributed by atoms with Crippen molar-refractivity contribution in [2.75, 3.05) is 5.32 Å². The maximum atomic E-state index is 9.71. The summed E-state index contributed by atoms with van der Waals surface area (Å²) in [6.45, 7) is 0.392. The Balaban J connectivity index is 2.19. The molecule has 0 heterocycles. The van der Waals surface area contributed by atoms with Gasteiger partial charge in [0.1, 0.15) is 11.8 Å². The summed E-state index contributed by atoms with van der Waals surface area (Å²) in [5, 5.41) is 22.4. The highest BCUT2D eigenvalue weighted by atomic mass is 79.9. The lowest BCUT2D eigenvalue weighted by molar-refractivity contribution is 0.469. The second-order valence-corrected chi connectivity index (χ2v) is 5.28. The number of hydrogen-bond acceptors (Lipinski definition) is 3. The van der Waals surface area contributed by atoms with E-state index in [1.54, 1.807) is 24.3 Å². The predicted octanol–water partition coefficient (Wildman–Crippen LogP) is 4.29. The number of aromatic hydroxyl groups is 1. The number of anilines is 1. The SMILES string of the molecule is N#Cc1cc(Br)ccc1NCc1cc(Cl)ccc1O. The minimum absolute atomic E-state index is 0.174. The molecular formula is C14H10BrClN2O. The first-order valence-corrected chi connectivity index (χ1v) is 6.68. The predicted molar refractivity (Wildman–Crippen MR) is 79.3 cm³/mol. The van der Waals surface area contributed by atoms with Crippen molar-refractivity contribution in [1.29, 1.82) is 5.26 Å². The second-order valence-electron chi connectivity index (χ2n) is 3.93. The highest BCUT2D eigenvalue weighted by Gasteiger charge is 2.05. The van der Waals surface area contributed by atoms with Gasteiger partial charge in [0.25, 0.3) is 0 Å². The standard InChI is InChI=1S/C14H10BrClN2O/c15-11-1-3-13(9(5-11)7-17)18-8-10-6-12(16)2-4-14(10)19/h1-6,18-19H,8H2. The van der Waals surface area contributed by atoms with Crippen molar-refractivity contribution in [2.45, 2.75) is 6.54 Å². The maximum Gasteiger partial charge on any atom is 0.120 e. The van der Waals surface area contributed by atoms with Gasteiger partial charge in [0.15, 0.2) is 0 Å². The second kappa shape index (κ2) is 5.96. The summed E-state index contributed by atoms with van der Waals surface area (Å²) >= 11 is 9.20. The third-order valence-electron chi connectivity index (χ3n) is 2.61. The molecule has 2 N–H and O–H groups in total. The van der Waals surface area contributed by atoms with Crippen LogP contribution in [-0.4, -0.2) is 5.11 Å². The summed E-state index contributed by atoms with van der Waals surface area (Å²) in [6.07, 6.45) is 0. The Kier molecular flexibility index (Phi) is 4.31. The average Bonchev–Trinajstić information content (AvgIpc) is 2.40. The summed E-state index contributed by atoms with van der Waals surface area (Å²) in [4.78, 5) is 0. The van der Waals surface area contributed by atoms with Gasteiger partial charge in [-0.3, -0.25) is 0 Å². The van der Waals surface area contributed by atoms with Gasteiger partial charge < -0.3 is 10.4 Å². The Hall–Kier alpha value is -1.70. The molecule has 5 heteroatoms. The molecule has 0 amide bonds. The molecule has 0 saturated carbocycles. The van der Waals surface area contributed by atoms with Gasteiger partial charge in [-0.25, -0.2) is 0 Å². The summed E-state index contributed by atoms with van der Waals surface area (Å²) in [5.74, 6) is 0.174. The van der Waals surface area contributed by atoms with Gasteiger partial charge in [-0.05, 0) is 36.4 Å². The topological polar surface area (TPSA) is 56.0 Å². The van der Waals surface area contributed by atoms with Crippen LogP contribution in [0.3, 0.4) is 0 Å². The number of nitrogens with one attached hydrogen (secondary N) is 1.